The maximum Gasteiger partial charge on any atom is 0.415 e. The van der Waals surface area contributed by atoms with Crippen molar-refractivity contribution in [2.75, 3.05) is 40.3 Å². The number of ether oxygens (including phenoxy) is 5. The standard InChI is InChI=1S/C43H67N7O12/c1-25-16-17-29(31-30(25)42-20-23-49(12)26(2)43(42,57)19-18-28(51)32(42)59-31)58-38(56)50(13)24-22-44-33(52)27(46-35(53)60-39(3,4)5)15-14-21-45-34(47-36(54)61-40(6,7)8)48-37(55)62-41(9,10)11/h16-17,26-27,32,57H,14-15,18-24H2,1-13H3,(H,44,52)(H,46,53)(H2,45,47,48,54,55)/t26-,27+,32+,42+,43-/m1/s1. The smallest absolute Gasteiger partial charge is 0.415 e. The minimum atomic E-state index is -1.25. The van der Waals surface area contributed by atoms with Crippen molar-refractivity contribution in [3.05, 3.63) is 23.3 Å². The fraction of sp³-hybridized carbons (Fsp3) is 0.698. The molecule has 1 spiro atoms. The second-order valence-corrected chi connectivity index (χ2v) is 19.3. The topological polar surface area (TPSA) is 236 Å². The van der Waals surface area contributed by atoms with Crippen LogP contribution < -0.4 is 30.7 Å². The van der Waals surface area contributed by atoms with Gasteiger partial charge in [0.05, 0.1) is 11.0 Å². The molecule has 1 aliphatic carbocycles. The molecule has 0 radical (unpaired) electrons. The highest BCUT2D eigenvalue weighted by Gasteiger charge is 2.70. The molecule has 1 saturated carbocycles. The molecule has 0 aromatic heterocycles. The fourth-order valence-corrected chi connectivity index (χ4v) is 8.03. The summed E-state index contributed by atoms with van der Waals surface area (Å²) in [5.41, 5.74) is -3.27. The van der Waals surface area contributed by atoms with Gasteiger partial charge in [0, 0.05) is 44.7 Å². The van der Waals surface area contributed by atoms with Crippen LogP contribution in [0.5, 0.6) is 11.5 Å². The highest BCUT2D eigenvalue weighted by Crippen LogP contribution is 2.62. The number of ketones is 1. The number of amides is 5. The molecule has 346 valence electrons. The van der Waals surface area contributed by atoms with Gasteiger partial charge in [0.1, 0.15) is 22.8 Å². The summed E-state index contributed by atoms with van der Waals surface area (Å²) in [6, 6.07) is 2.05. The maximum atomic E-state index is 13.5. The van der Waals surface area contributed by atoms with E-state index in [-0.39, 0.29) is 74.6 Å². The third-order valence-corrected chi connectivity index (χ3v) is 10.9. The Bertz CT molecular complexity index is 1870. The Morgan fingerprint density at radius 1 is 0.952 bits per heavy atom. The molecule has 5 atom stereocenters. The summed E-state index contributed by atoms with van der Waals surface area (Å²) in [5, 5.41) is 22.4. The van der Waals surface area contributed by atoms with Crippen molar-refractivity contribution in [3.8, 4) is 11.5 Å². The zero-order valence-corrected chi connectivity index (χ0v) is 38.5. The van der Waals surface area contributed by atoms with Gasteiger partial charge in [-0.05, 0) is 127 Å². The van der Waals surface area contributed by atoms with Crippen LogP contribution in [0.1, 0.15) is 112 Å². The van der Waals surface area contributed by atoms with Gasteiger partial charge in [0.2, 0.25) is 11.9 Å². The molecule has 2 fully saturated rings. The van der Waals surface area contributed by atoms with Gasteiger partial charge in [-0.25, -0.2) is 19.2 Å². The van der Waals surface area contributed by atoms with Gasteiger partial charge in [-0.3, -0.25) is 25.2 Å². The molecule has 19 heteroatoms. The molecule has 5 amide bonds. The van der Waals surface area contributed by atoms with Crippen molar-refractivity contribution in [1.82, 2.24) is 31.1 Å². The van der Waals surface area contributed by atoms with Crippen molar-refractivity contribution in [1.29, 1.82) is 0 Å². The number of alkyl carbamates (subject to hydrolysis) is 3. The highest BCUT2D eigenvalue weighted by molar-refractivity contribution is 6.01. The zero-order valence-electron chi connectivity index (χ0n) is 38.5. The Morgan fingerprint density at radius 2 is 1.53 bits per heavy atom. The number of likely N-dealkylation sites (N-methyl/N-ethyl adjacent to an activating group) is 2. The van der Waals surface area contributed by atoms with Crippen LogP contribution in [0, 0.1) is 6.92 Å². The Labute approximate surface area is 364 Å². The number of hydrogen-bond acceptors (Lipinski definition) is 14. The lowest BCUT2D eigenvalue weighted by Crippen LogP contribution is -2.73. The van der Waals surface area contributed by atoms with Crippen LogP contribution in [-0.2, 0) is 29.2 Å². The van der Waals surface area contributed by atoms with Gasteiger partial charge in [-0.1, -0.05) is 6.07 Å². The lowest BCUT2D eigenvalue weighted by Gasteiger charge is -2.58. The average molecular weight is 874 g/mol. The van der Waals surface area contributed by atoms with Crippen molar-refractivity contribution < 1.29 is 57.6 Å². The first-order chi connectivity index (χ1) is 28.6. The van der Waals surface area contributed by atoms with Gasteiger partial charge >= 0.3 is 24.4 Å². The summed E-state index contributed by atoms with van der Waals surface area (Å²) in [5.74, 6) is -0.529. The van der Waals surface area contributed by atoms with Crippen molar-refractivity contribution >= 4 is 42.0 Å². The van der Waals surface area contributed by atoms with E-state index in [1.165, 1.54) is 11.9 Å². The lowest BCUT2D eigenvalue weighted by molar-refractivity contribution is -0.178. The van der Waals surface area contributed by atoms with E-state index >= 15 is 0 Å². The molecule has 1 aromatic rings. The van der Waals surface area contributed by atoms with Gasteiger partial charge < -0.3 is 49.2 Å². The SMILES string of the molecule is Cc1ccc(OC(=O)N(C)CCNC(=O)[C@H](CCCN=C(NC(=O)OC(C)(C)C)NC(=O)OC(C)(C)C)NC(=O)OC(C)(C)C)c2c1[C@]13CCN(C)[C@H](C)[C@]1(O)CCC(=O)[C@@H]3O2. The average Bonchev–Trinajstić information content (AvgIpc) is 3.49. The molecule has 5 N–H and O–H groups in total. The molecule has 19 nitrogen and oxygen atoms in total. The number of carbonyl (C=O) groups excluding carboxylic acids is 6. The number of aryl methyl sites for hydroxylation is 1. The van der Waals surface area contributed by atoms with Crippen LogP contribution in [0.2, 0.25) is 0 Å². The number of likely N-dealkylation sites (tertiary alicyclic amines) is 1. The molecule has 3 aliphatic rings. The first-order valence-corrected chi connectivity index (χ1v) is 21.1. The Morgan fingerprint density at radius 3 is 2.11 bits per heavy atom. The monoisotopic (exact) mass is 873 g/mol. The number of piperidine rings is 1. The van der Waals surface area contributed by atoms with E-state index in [1.54, 1.807) is 74.4 Å². The summed E-state index contributed by atoms with van der Waals surface area (Å²) in [6.45, 7) is 19.6. The maximum absolute atomic E-state index is 13.5. The summed E-state index contributed by atoms with van der Waals surface area (Å²) >= 11 is 0. The number of aliphatic imine (C=N–C) groups is 1. The fourth-order valence-electron chi connectivity index (χ4n) is 8.03. The van der Waals surface area contributed by atoms with Crippen LogP contribution in [0.25, 0.3) is 0 Å². The van der Waals surface area contributed by atoms with Crippen LogP contribution in [-0.4, -0.2) is 138 Å². The van der Waals surface area contributed by atoms with Gasteiger partial charge in [-0.15, -0.1) is 0 Å². The molecule has 1 aromatic carbocycles. The Balaban J connectivity index is 1.42. The summed E-state index contributed by atoms with van der Waals surface area (Å²) in [7, 11) is 3.45. The number of Topliss-reactive ketones (excluding diaryl/α,β-unsaturated/α-hetero) is 1. The third-order valence-electron chi connectivity index (χ3n) is 10.9. The molecule has 62 heavy (non-hydrogen) atoms. The number of nitrogens with zero attached hydrogens (tertiary/aromatic N) is 3. The van der Waals surface area contributed by atoms with Gasteiger partial charge in [0.25, 0.3) is 0 Å². The van der Waals surface area contributed by atoms with E-state index < -0.39 is 70.2 Å². The number of benzene rings is 1. The quantitative estimate of drug-likeness (QED) is 0.0948. The molecule has 1 saturated heterocycles. The first kappa shape index (κ1) is 49.5. The van der Waals surface area contributed by atoms with E-state index in [9.17, 15) is 33.9 Å². The summed E-state index contributed by atoms with van der Waals surface area (Å²) < 4.78 is 28.2. The Hall–Kier alpha value is -5.17. The third kappa shape index (κ3) is 12.0. The van der Waals surface area contributed by atoms with Crippen LogP contribution >= 0.6 is 0 Å². The molecule has 2 aliphatic heterocycles. The Kier molecular flexibility index (Phi) is 15.2. The van der Waals surface area contributed by atoms with Gasteiger partial charge in [-0.2, -0.15) is 0 Å². The summed E-state index contributed by atoms with van der Waals surface area (Å²) in [4.78, 5) is 85.7. The van der Waals surface area contributed by atoms with E-state index in [2.05, 4.69) is 31.2 Å². The second-order valence-electron chi connectivity index (χ2n) is 19.3. The molecular formula is C43H67N7O12. The van der Waals surface area contributed by atoms with Crippen molar-refractivity contribution in [2.24, 2.45) is 4.99 Å². The van der Waals surface area contributed by atoms with Crippen LogP contribution in [0.4, 0.5) is 19.2 Å². The summed E-state index contributed by atoms with van der Waals surface area (Å²) in [6.07, 6.45) is -3.03. The largest absolute Gasteiger partial charge is 0.477 e. The number of aliphatic hydroxyl groups is 1. The number of nitrogens with one attached hydrogen (secondary N) is 4. The zero-order chi connectivity index (χ0) is 46.6. The predicted octanol–water partition coefficient (Wildman–Crippen LogP) is 4.44. The van der Waals surface area contributed by atoms with Gasteiger partial charge in [0.15, 0.2) is 23.4 Å². The first-order valence-electron chi connectivity index (χ1n) is 21.1. The number of rotatable bonds is 10. The predicted molar refractivity (Wildman–Crippen MR) is 228 cm³/mol. The highest BCUT2D eigenvalue weighted by atomic mass is 16.6. The normalized spacial score (nSPS) is 22.6. The molecule has 4 rings (SSSR count). The number of hydrogen-bond donors (Lipinski definition) is 5. The van der Waals surface area contributed by atoms with Crippen LogP contribution in [0.15, 0.2) is 17.1 Å². The molecule has 0 bridgehead atoms. The number of guanidine groups is 1. The van der Waals surface area contributed by atoms with Crippen LogP contribution in [0.3, 0.4) is 0 Å². The minimum Gasteiger partial charge on any atom is -0.477 e. The second kappa shape index (κ2) is 19.1. The van der Waals surface area contributed by atoms with E-state index in [0.29, 0.717) is 18.5 Å². The molecular weight excluding hydrogens is 807 g/mol. The molecule has 2 heterocycles. The van der Waals surface area contributed by atoms with Crippen molar-refractivity contribution in [3.63, 3.8) is 0 Å². The van der Waals surface area contributed by atoms with Crippen molar-refractivity contribution in [2.45, 2.75) is 154 Å². The number of fused-ring (bicyclic) bond motifs is 1. The van der Waals surface area contributed by atoms with E-state index in [0.717, 1.165) is 5.56 Å². The van der Waals surface area contributed by atoms with E-state index in [1.807, 2.05) is 20.9 Å². The number of carbonyl (C=O) groups is 6. The molecule has 0 unspecified atom stereocenters. The lowest BCUT2D eigenvalue weighted by atomic mass is 9.52. The van der Waals surface area contributed by atoms with E-state index in [4.69, 9.17) is 23.7 Å². The minimum absolute atomic E-state index is 0.00684.